The van der Waals surface area contributed by atoms with Gasteiger partial charge in [-0.05, 0) is 25.7 Å². The Labute approximate surface area is 66.9 Å². The van der Waals surface area contributed by atoms with Crippen molar-refractivity contribution in [2.45, 2.75) is 25.5 Å². The molecule has 0 rings (SSSR count). The molecule has 0 bridgehead atoms. The fourth-order valence-electron chi connectivity index (χ4n) is 0.624. The van der Waals surface area contributed by atoms with Crippen LogP contribution in [0.3, 0.4) is 0 Å². The van der Waals surface area contributed by atoms with E-state index < -0.39 is 0 Å². The van der Waals surface area contributed by atoms with E-state index >= 15 is 0 Å². The van der Waals surface area contributed by atoms with Gasteiger partial charge in [0, 0.05) is 5.25 Å². The molecule has 0 heterocycles. The number of allylic oxidation sites excluding steroid dienone is 1. The van der Waals surface area contributed by atoms with Crippen molar-refractivity contribution in [3.8, 4) is 0 Å². The molecular formula is C8H14OS. The lowest BCUT2D eigenvalue weighted by atomic mass is 10.3. The molecule has 58 valence electrons. The molecule has 0 aliphatic heterocycles. The molecule has 0 amide bonds. The second-order valence-corrected chi connectivity index (χ2v) is 3.23. The van der Waals surface area contributed by atoms with E-state index in [1.165, 1.54) is 0 Å². The van der Waals surface area contributed by atoms with Crippen LogP contribution in [0.4, 0.5) is 0 Å². The minimum atomic E-state index is 0.132. The zero-order valence-electron chi connectivity index (χ0n) is 6.76. The van der Waals surface area contributed by atoms with Gasteiger partial charge in [0.15, 0.2) is 5.78 Å². The Bertz CT molecular complexity index is 125. The molecule has 0 spiro atoms. The van der Waals surface area contributed by atoms with Gasteiger partial charge in [-0.1, -0.05) is 13.0 Å². The molecule has 0 N–H and O–H groups in total. The molecule has 0 radical (unpaired) electrons. The Morgan fingerprint density at radius 2 is 2.30 bits per heavy atom. The zero-order valence-corrected chi connectivity index (χ0v) is 7.57. The van der Waals surface area contributed by atoms with Crippen LogP contribution in [0, 0.1) is 0 Å². The van der Waals surface area contributed by atoms with Gasteiger partial charge in [0.1, 0.15) is 0 Å². The van der Waals surface area contributed by atoms with Gasteiger partial charge in [0.2, 0.25) is 0 Å². The highest BCUT2D eigenvalue weighted by molar-refractivity contribution is 7.99. The molecule has 1 nitrogen and oxygen atoms in total. The van der Waals surface area contributed by atoms with E-state index in [2.05, 4.69) is 13.2 Å². The summed E-state index contributed by atoms with van der Waals surface area (Å²) >= 11 is 1.77. The lowest BCUT2D eigenvalue weighted by Crippen LogP contribution is -1.94. The van der Waals surface area contributed by atoms with Crippen LogP contribution in [-0.2, 0) is 4.79 Å². The molecular weight excluding hydrogens is 144 g/mol. The second-order valence-electron chi connectivity index (χ2n) is 2.15. The second kappa shape index (κ2) is 5.54. The van der Waals surface area contributed by atoms with Crippen LogP contribution in [0.2, 0.25) is 0 Å². The summed E-state index contributed by atoms with van der Waals surface area (Å²) in [6.45, 7) is 3.69. The van der Waals surface area contributed by atoms with Crippen LogP contribution >= 0.6 is 11.8 Å². The van der Waals surface area contributed by atoms with Crippen LogP contribution in [-0.4, -0.2) is 17.3 Å². The van der Waals surface area contributed by atoms with E-state index in [-0.39, 0.29) is 5.78 Å². The third-order valence-electron chi connectivity index (χ3n) is 1.25. The smallest absolute Gasteiger partial charge is 0.152 e. The van der Waals surface area contributed by atoms with Gasteiger partial charge in [-0.25, -0.2) is 0 Å². The first-order chi connectivity index (χ1) is 4.70. The Hall–Kier alpha value is -0.240. The van der Waals surface area contributed by atoms with Gasteiger partial charge in [-0.2, -0.15) is 11.8 Å². The van der Waals surface area contributed by atoms with Crippen LogP contribution in [0.15, 0.2) is 12.2 Å². The van der Waals surface area contributed by atoms with Gasteiger partial charge >= 0.3 is 0 Å². The first-order valence-corrected chi connectivity index (χ1v) is 4.71. The summed E-state index contributed by atoms with van der Waals surface area (Å²) in [5, 5.41) is 0.504. The fourth-order valence-corrected chi connectivity index (χ4v) is 1.19. The van der Waals surface area contributed by atoms with Crippen LogP contribution < -0.4 is 0 Å². The summed E-state index contributed by atoms with van der Waals surface area (Å²) in [6.07, 6.45) is 6.75. The van der Waals surface area contributed by atoms with Crippen molar-refractivity contribution < 1.29 is 4.79 Å². The maximum absolute atomic E-state index is 10.5. The Kier molecular flexibility index (Phi) is 5.40. The predicted molar refractivity (Wildman–Crippen MR) is 47.4 cm³/mol. The number of carbonyl (C=O) groups excluding carboxylic acids is 1. The van der Waals surface area contributed by atoms with Crippen molar-refractivity contribution in [1.82, 2.24) is 0 Å². The van der Waals surface area contributed by atoms with Crippen molar-refractivity contribution in [3.63, 3.8) is 0 Å². The van der Waals surface area contributed by atoms with E-state index in [1.54, 1.807) is 24.8 Å². The number of hydrogen-bond donors (Lipinski definition) is 0. The maximum atomic E-state index is 10.5. The highest BCUT2D eigenvalue weighted by atomic mass is 32.2. The van der Waals surface area contributed by atoms with Gasteiger partial charge in [-0.15, -0.1) is 0 Å². The van der Waals surface area contributed by atoms with Gasteiger partial charge in [0.05, 0.1) is 0 Å². The summed E-state index contributed by atoms with van der Waals surface area (Å²) in [7, 11) is 0. The number of thioether (sulfide) groups is 1. The van der Waals surface area contributed by atoms with E-state index in [1.807, 2.05) is 6.08 Å². The molecule has 0 fully saturated rings. The van der Waals surface area contributed by atoms with E-state index in [4.69, 9.17) is 0 Å². The summed E-state index contributed by atoms with van der Waals surface area (Å²) in [6, 6.07) is 0. The normalized spacial score (nSPS) is 13.9. The third kappa shape index (κ3) is 4.62. The Balaban J connectivity index is 3.72. The first-order valence-electron chi connectivity index (χ1n) is 3.42. The zero-order chi connectivity index (χ0) is 7.98. The molecule has 0 saturated carbocycles. The Morgan fingerprint density at radius 1 is 1.70 bits per heavy atom. The van der Waals surface area contributed by atoms with Crippen LogP contribution in [0.25, 0.3) is 0 Å². The van der Waals surface area contributed by atoms with E-state index in [0.29, 0.717) is 5.25 Å². The average molecular weight is 158 g/mol. The molecule has 0 aromatic heterocycles. The molecule has 1 unspecified atom stereocenters. The minimum absolute atomic E-state index is 0.132. The van der Waals surface area contributed by atoms with Gasteiger partial charge in [-0.3, -0.25) is 4.79 Å². The topological polar surface area (TPSA) is 17.1 Å². The lowest BCUT2D eigenvalue weighted by Gasteiger charge is -2.02. The van der Waals surface area contributed by atoms with Crippen molar-refractivity contribution >= 4 is 17.5 Å². The number of ketones is 1. The molecule has 10 heavy (non-hydrogen) atoms. The molecule has 0 aromatic carbocycles. The standard InChI is InChI=1S/C8H14OS/c1-4-8(10-3)6-5-7(2)9/h5-6,8H,4H2,1-3H3. The number of hydrogen-bond acceptors (Lipinski definition) is 2. The maximum Gasteiger partial charge on any atom is 0.152 e. The summed E-state index contributed by atoms with van der Waals surface area (Å²) in [5.74, 6) is 0.132. The molecule has 2 heteroatoms. The quantitative estimate of drug-likeness (QED) is 0.584. The SMILES string of the molecule is CCC(C=CC(C)=O)SC. The van der Waals surface area contributed by atoms with E-state index in [0.717, 1.165) is 6.42 Å². The van der Waals surface area contributed by atoms with Crippen molar-refractivity contribution in [3.05, 3.63) is 12.2 Å². The highest BCUT2D eigenvalue weighted by Crippen LogP contribution is 2.11. The Morgan fingerprint density at radius 3 is 2.60 bits per heavy atom. The molecule has 0 aliphatic rings. The van der Waals surface area contributed by atoms with Crippen LogP contribution in [0.1, 0.15) is 20.3 Å². The highest BCUT2D eigenvalue weighted by Gasteiger charge is 1.96. The average Bonchev–Trinajstić information content (AvgIpc) is 1.90. The summed E-state index contributed by atoms with van der Waals surface area (Å²) in [5.41, 5.74) is 0. The first kappa shape index (κ1) is 9.76. The lowest BCUT2D eigenvalue weighted by molar-refractivity contribution is -0.112. The minimum Gasteiger partial charge on any atom is -0.295 e. The van der Waals surface area contributed by atoms with Crippen molar-refractivity contribution in [2.24, 2.45) is 0 Å². The van der Waals surface area contributed by atoms with Crippen LogP contribution in [0.5, 0.6) is 0 Å². The van der Waals surface area contributed by atoms with Gasteiger partial charge < -0.3 is 0 Å². The molecule has 0 aliphatic carbocycles. The summed E-state index contributed by atoms with van der Waals surface area (Å²) < 4.78 is 0. The predicted octanol–water partition coefficient (Wildman–Crippen LogP) is 2.27. The van der Waals surface area contributed by atoms with Gasteiger partial charge in [0.25, 0.3) is 0 Å². The number of carbonyl (C=O) groups is 1. The van der Waals surface area contributed by atoms with Crippen molar-refractivity contribution in [1.29, 1.82) is 0 Å². The third-order valence-corrected chi connectivity index (χ3v) is 2.35. The fraction of sp³-hybridized carbons (Fsp3) is 0.625. The van der Waals surface area contributed by atoms with E-state index in [9.17, 15) is 4.79 Å². The molecule has 1 atom stereocenters. The monoisotopic (exact) mass is 158 g/mol. The van der Waals surface area contributed by atoms with Crippen molar-refractivity contribution in [2.75, 3.05) is 6.26 Å². The largest absolute Gasteiger partial charge is 0.295 e. The molecule has 0 saturated heterocycles. The molecule has 0 aromatic rings. The summed E-state index contributed by atoms with van der Waals surface area (Å²) in [4.78, 5) is 10.5. The number of rotatable bonds is 4.